The van der Waals surface area contributed by atoms with Gasteiger partial charge in [0.05, 0.1) is 30.4 Å². The van der Waals surface area contributed by atoms with Crippen LogP contribution >= 0.6 is 11.6 Å². The van der Waals surface area contributed by atoms with E-state index in [2.05, 4.69) is 6.07 Å². The molecule has 0 spiro atoms. The van der Waals surface area contributed by atoms with Crippen molar-refractivity contribution in [1.29, 1.82) is 5.26 Å². The summed E-state index contributed by atoms with van der Waals surface area (Å²) in [5.74, 6) is 1.01. The molecule has 1 saturated carbocycles. The molecular formula is C25H21ClN2O4. The van der Waals surface area contributed by atoms with E-state index in [0.29, 0.717) is 46.2 Å². The van der Waals surface area contributed by atoms with Gasteiger partial charge in [0.2, 0.25) is 6.79 Å². The maximum Gasteiger partial charge on any atom is 0.231 e. The Balaban J connectivity index is 1.55. The summed E-state index contributed by atoms with van der Waals surface area (Å²) in [5, 5.41) is 10.4. The number of hydrogen-bond acceptors (Lipinski definition) is 6. The van der Waals surface area contributed by atoms with Gasteiger partial charge in [0, 0.05) is 29.1 Å². The summed E-state index contributed by atoms with van der Waals surface area (Å²) >= 11 is 6.61. The summed E-state index contributed by atoms with van der Waals surface area (Å²) in [6, 6.07) is 13.6. The molecular weight excluding hydrogens is 428 g/mol. The summed E-state index contributed by atoms with van der Waals surface area (Å²) in [5.41, 5.74) is 3.67. The van der Waals surface area contributed by atoms with Crippen LogP contribution in [0, 0.1) is 17.2 Å². The van der Waals surface area contributed by atoms with Crippen molar-refractivity contribution < 1.29 is 19.0 Å². The number of carbonyl (C=O) groups is 1. The summed E-state index contributed by atoms with van der Waals surface area (Å²) in [6.45, 7) is 1.94. The van der Waals surface area contributed by atoms with E-state index in [-0.39, 0.29) is 18.5 Å². The average Bonchev–Trinajstić information content (AvgIpc) is 3.24. The number of nitrogens with zero attached hydrogens (tertiary/aromatic N) is 2. The van der Waals surface area contributed by atoms with E-state index in [0.717, 1.165) is 17.0 Å². The molecule has 0 aromatic heterocycles. The molecule has 0 N–H and O–H groups in total. The average molecular weight is 449 g/mol. The van der Waals surface area contributed by atoms with Crippen LogP contribution in [0.3, 0.4) is 0 Å². The maximum atomic E-state index is 13.5. The van der Waals surface area contributed by atoms with Crippen LogP contribution < -0.4 is 14.2 Å². The summed E-state index contributed by atoms with van der Waals surface area (Å²) in [7, 11) is 1.63. The fraction of sp³-hybridized carbons (Fsp3) is 0.320. The van der Waals surface area contributed by atoms with Gasteiger partial charge in [0.15, 0.2) is 11.5 Å². The molecule has 0 saturated heterocycles. The molecule has 1 fully saturated rings. The van der Waals surface area contributed by atoms with Crippen LogP contribution in [0.4, 0.5) is 0 Å². The molecule has 2 aliphatic heterocycles. The number of hydrogen-bond donors (Lipinski definition) is 0. The van der Waals surface area contributed by atoms with Crippen LogP contribution in [0.5, 0.6) is 17.2 Å². The Hall–Kier alpha value is -3.30. The van der Waals surface area contributed by atoms with Crippen molar-refractivity contribution >= 4 is 23.1 Å². The van der Waals surface area contributed by atoms with Crippen molar-refractivity contribution in [1.82, 2.24) is 0 Å². The van der Waals surface area contributed by atoms with Crippen LogP contribution in [0.1, 0.15) is 42.7 Å². The minimum absolute atomic E-state index is 0.0349. The standard InChI is InChI=1S/C25H21ClN2O4/c1-13-18(11-27)24(17-9-22-23(10-19(17)26)32-12-31-22)25-20(28-13)7-15(8-21(25)29)14-3-5-16(30-2)6-4-14/h3-6,9-10,15,24-25H,7-8,12H2,1-2H3/t15-,24-,25-/m1/s1. The molecule has 5 rings (SSSR count). The second-order valence-corrected chi connectivity index (χ2v) is 8.65. The molecule has 162 valence electrons. The lowest BCUT2D eigenvalue weighted by Gasteiger charge is -2.37. The first-order valence-corrected chi connectivity index (χ1v) is 10.8. The highest BCUT2D eigenvalue weighted by Crippen LogP contribution is 2.49. The number of methoxy groups -OCH3 is 1. The van der Waals surface area contributed by atoms with E-state index in [1.807, 2.05) is 31.2 Å². The zero-order valence-electron chi connectivity index (χ0n) is 17.7. The van der Waals surface area contributed by atoms with Gasteiger partial charge in [-0.05, 0) is 48.6 Å². The Labute approximate surface area is 191 Å². The van der Waals surface area contributed by atoms with Crippen molar-refractivity contribution in [2.45, 2.75) is 31.6 Å². The summed E-state index contributed by atoms with van der Waals surface area (Å²) in [4.78, 5) is 18.2. The largest absolute Gasteiger partial charge is 0.497 e. The molecule has 2 aromatic carbocycles. The molecule has 32 heavy (non-hydrogen) atoms. The van der Waals surface area contributed by atoms with Gasteiger partial charge < -0.3 is 14.2 Å². The SMILES string of the molecule is COc1ccc([C@H]2CC(=O)[C@H]3C(=NC(C)=C(C#N)[C@H]3c3cc4c(cc3Cl)OCO4)C2)cc1. The highest BCUT2D eigenvalue weighted by molar-refractivity contribution is 6.31. The number of halogens is 1. The molecule has 7 heteroatoms. The topological polar surface area (TPSA) is 80.9 Å². The monoisotopic (exact) mass is 448 g/mol. The van der Waals surface area contributed by atoms with Crippen molar-refractivity contribution in [3.05, 3.63) is 63.8 Å². The molecule has 3 aliphatic rings. The number of ether oxygens (including phenoxy) is 3. The molecule has 0 bridgehead atoms. The second kappa shape index (κ2) is 7.99. The van der Waals surface area contributed by atoms with Gasteiger partial charge in [-0.1, -0.05) is 23.7 Å². The summed E-state index contributed by atoms with van der Waals surface area (Å²) in [6.07, 6.45) is 1.03. The van der Waals surface area contributed by atoms with Gasteiger partial charge in [-0.3, -0.25) is 9.79 Å². The van der Waals surface area contributed by atoms with Crippen molar-refractivity contribution in [2.24, 2.45) is 10.9 Å². The minimum atomic E-state index is -0.513. The number of rotatable bonds is 3. The van der Waals surface area contributed by atoms with Crippen molar-refractivity contribution in [3.63, 3.8) is 0 Å². The Morgan fingerprint density at radius 3 is 2.53 bits per heavy atom. The highest BCUT2D eigenvalue weighted by atomic mass is 35.5. The van der Waals surface area contributed by atoms with Crippen LogP contribution in [-0.4, -0.2) is 25.4 Å². The van der Waals surface area contributed by atoms with Gasteiger partial charge in [-0.15, -0.1) is 0 Å². The van der Waals surface area contributed by atoms with Crippen LogP contribution in [0.15, 0.2) is 52.7 Å². The molecule has 2 heterocycles. The number of nitriles is 1. The normalized spacial score (nSPS) is 24.0. The Bertz CT molecular complexity index is 1210. The van der Waals surface area contributed by atoms with E-state index in [1.54, 1.807) is 19.2 Å². The molecule has 0 unspecified atom stereocenters. The Morgan fingerprint density at radius 1 is 1.12 bits per heavy atom. The predicted molar refractivity (Wildman–Crippen MR) is 120 cm³/mol. The van der Waals surface area contributed by atoms with Gasteiger partial charge in [0.25, 0.3) is 0 Å². The quantitative estimate of drug-likeness (QED) is 0.646. The number of Topliss-reactive ketones (excluding diaryl/α,β-unsaturated/α-hetero) is 1. The van der Waals surface area contributed by atoms with E-state index < -0.39 is 11.8 Å². The molecule has 0 amide bonds. The molecule has 3 atom stereocenters. The maximum absolute atomic E-state index is 13.5. The number of benzene rings is 2. The first-order valence-electron chi connectivity index (χ1n) is 10.4. The van der Waals surface area contributed by atoms with E-state index in [9.17, 15) is 10.1 Å². The number of carbonyl (C=O) groups excluding carboxylic acids is 1. The van der Waals surface area contributed by atoms with Gasteiger partial charge in [-0.2, -0.15) is 5.26 Å². The number of allylic oxidation sites excluding steroid dienone is 2. The lowest BCUT2D eigenvalue weighted by molar-refractivity contribution is -0.122. The third kappa shape index (κ3) is 3.34. The Morgan fingerprint density at radius 2 is 1.84 bits per heavy atom. The third-order valence-electron chi connectivity index (χ3n) is 6.49. The molecule has 1 aliphatic carbocycles. The Kier molecular flexibility index (Phi) is 5.15. The zero-order valence-corrected chi connectivity index (χ0v) is 18.5. The fourth-order valence-corrected chi connectivity index (χ4v) is 5.21. The predicted octanol–water partition coefficient (Wildman–Crippen LogP) is 5.18. The zero-order chi connectivity index (χ0) is 22.4. The smallest absolute Gasteiger partial charge is 0.231 e. The number of ketones is 1. The lowest BCUT2D eigenvalue weighted by atomic mass is 9.66. The number of fused-ring (bicyclic) bond motifs is 2. The molecule has 6 nitrogen and oxygen atoms in total. The minimum Gasteiger partial charge on any atom is -0.497 e. The summed E-state index contributed by atoms with van der Waals surface area (Å²) < 4.78 is 16.2. The first kappa shape index (κ1) is 20.6. The van der Waals surface area contributed by atoms with Crippen LogP contribution in [0.2, 0.25) is 5.02 Å². The first-order chi connectivity index (χ1) is 15.5. The van der Waals surface area contributed by atoms with E-state index in [1.165, 1.54) is 0 Å². The fourth-order valence-electron chi connectivity index (χ4n) is 4.94. The third-order valence-corrected chi connectivity index (χ3v) is 6.82. The van der Waals surface area contributed by atoms with E-state index in [4.69, 9.17) is 30.8 Å². The van der Waals surface area contributed by atoms with Crippen LogP contribution in [0.25, 0.3) is 0 Å². The highest BCUT2D eigenvalue weighted by Gasteiger charge is 2.45. The van der Waals surface area contributed by atoms with Crippen LogP contribution in [-0.2, 0) is 4.79 Å². The lowest BCUT2D eigenvalue weighted by Crippen LogP contribution is -2.39. The van der Waals surface area contributed by atoms with Gasteiger partial charge >= 0.3 is 0 Å². The van der Waals surface area contributed by atoms with Crippen molar-refractivity contribution in [2.75, 3.05) is 13.9 Å². The van der Waals surface area contributed by atoms with Gasteiger partial charge in [0.1, 0.15) is 11.5 Å². The van der Waals surface area contributed by atoms with Gasteiger partial charge in [-0.25, -0.2) is 0 Å². The second-order valence-electron chi connectivity index (χ2n) is 8.24. The molecule has 0 radical (unpaired) electrons. The number of aliphatic imine (C=N–C) groups is 1. The van der Waals surface area contributed by atoms with E-state index >= 15 is 0 Å². The molecule has 2 aromatic rings. The van der Waals surface area contributed by atoms with Crippen molar-refractivity contribution in [3.8, 4) is 23.3 Å².